The second kappa shape index (κ2) is 4.92. The van der Waals surface area contributed by atoms with Gasteiger partial charge in [-0.05, 0) is 36.5 Å². The van der Waals surface area contributed by atoms with Gasteiger partial charge in [0.2, 0.25) is 0 Å². The van der Waals surface area contributed by atoms with Gasteiger partial charge in [0.25, 0.3) is 0 Å². The molecule has 0 fully saturated rings. The van der Waals surface area contributed by atoms with Gasteiger partial charge in [0.05, 0.1) is 6.04 Å². The zero-order chi connectivity index (χ0) is 14.4. The molecule has 1 aliphatic carbocycles. The van der Waals surface area contributed by atoms with Crippen LogP contribution in [0, 0.1) is 12.8 Å². The van der Waals surface area contributed by atoms with Gasteiger partial charge in [-0.3, -0.25) is 0 Å². The fourth-order valence-electron chi connectivity index (χ4n) is 3.80. The Morgan fingerprint density at radius 2 is 1.90 bits per heavy atom. The van der Waals surface area contributed by atoms with Gasteiger partial charge in [0, 0.05) is 22.2 Å². The summed E-state index contributed by atoms with van der Waals surface area (Å²) in [5, 5.41) is 4.65. The van der Waals surface area contributed by atoms with E-state index in [9.17, 15) is 0 Å². The Hall–Kier alpha value is -1.73. The molecule has 2 aromatic rings. The first-order valence-electron chi connectivity index (χ1n) is 7.53. The quantitative estimate of drug-likeness (QED) is 0.687. The summed E-state index contributed by atoms with van der Waals surface area (Å²) in [4.78, 5) is 0. The summed E-state index contributed by atoms with van der Waals surface area (Å²) in [7, 11) is 0. The molecule has 2 heteroatoms. The van der Waals surface area contributed by atoms with E-state index in [-0.39, 0.29) is 0 Å². The highest BCUT2D eigenvalue weighted by Crippen LogP contribution is 2.52. The molecular weight excluding hydrogens is 278 g/mol. The highest BCUT2D eigenvalue weighted by atomic mass is 35.5. The number of rotatable bonds is 1. The van der Waals surface area contributed by atoms with E-state index in [1.165, 1.54) is 22.4 Å². The predicted octanol–water partition coefficient (Wildman–Crippen LogP) is 5.47. The maximum absolute atomic E-state index is 6.50. The van der Waals surface area contributed by atoms with Crippen molar-refractivity contribution in [3.63, 3.8) is 0 Å². The van der Waals surface area contributed by atoms with Gasteiger partial charge in [-0.1, -0.05) is 60.2 Å². The number of hydrogen-bond acceptors (Lipinski definition) is 1. The highest BCUT2D eigenvalue weighted by Gasteiger charge is 2.39. The van der Waals surface area contributed by atoms with Crippen LogP contribution in [0.25, 0.3) is 0 Å². The van der Waals surface area contributed by atoms with E-state index in [0.29, 0.717) is 17.9 Å². The lowest BCUT2D eigenvalue weighted by atomic mass is 9.76. The summed E-state index contributed by atoms with van der Waals surface area (Å²) in [5.41, 5.74) is 5.14. The van der Waals surface area contributed by atoms with Crippen molar-refractivity contribution < 1.29 is 0 Å². The Labute approximate surface area is 130 Å². The molecule has 3 atom stereocenters. The third kappa shape index (κ3) is 1.99. The van der Waals surface area contributed by atoms with Crippen molar-refractivity contribution in [3.05, 3.63) is 76.3 Å². The average Bonchev–Trinajstić information content (AvgIpc) is 3.00. The third-order valence-electron chi connectivity index (χ3n) is 4.83. The lowest BCUT2D eigenvalue weighted by molar-refractivity contribution is 0.425. The first-order chi connectivity index (χ1) is 10.3. The molecule has 0 spiro atoms. The predicted molar refractivity (Wildman–Crippen MR) is 89.0 cm³/mol. The normalized spacial score (nSPS) is 26.1. The molecule has 0 amide bonds. The molecule has 1 nitrogen and oxygen atoms in total. The van der Waals surface area contributed by atoms with E-state index in [1.807, 2.05) is 6.07 Å². The van der Waals surface area contributed by atoms with Gasteiger partial charge in [-0.25, -0.2) is 0 Å². The van der Waals surface area contributed by atoms with E-state index >= 15 is 0 Å². The first kappa shape index (κ1) is 13.0. The van der Waals surface area contributed by atoms with Crippen LogP contribution < -0.4 is 5.32 Å². The van der Waals surface area contributed by atoms with E-state index in [1.54, 1.807) is 0 Å². The minimum Gasteiger partial charge on any atom is -0.377 e. The number of benzene rings is 2. The zero-order valence-electron chi connectivity index (χ0n) is 12.0. The van der Waals surface area contributed by atoms with Gasteiger partial charge in [0.1, 0.15) is 0 Å². The Kier molecular flexibility index (Phi) is 3.04. The zero-order valence-corrected chi connectivity index (χ0v) is 12.8. The Balaban J connectivity index is 1.86. The van der Waals surface area contributed by atoms with Gasteiger partial charge in [-0.15, -0.1) is 0 Å². The Bertz CT molecular complexity index is 705. The van der Waals surface area contributed by atoms with Crippen LogP contribution in [0.5, 0.6) is 0 Å². The number of allylic oxidation sites excluding steroid dienone is 2. The Morgan fingerprint density at radius 1 is 1.10 bits per heavy atom. The SMILES string of the molecule is Cc1ccc(Cl)c2c1NC(c1ccccc1)C1CC=CC21. The van der Waals surface area contributed by atoms with Crippen LogP contribution in [-0.2, 0) is 0 Å². The molecule has 0 saturated heterocycles. The molecule has 0 bridgehead atoms. The minimum absolute atomic E-state index is 0.357. The summed E-state index contributed by atoms with van der Waals surface area (Å²) in [6, 6.07) is 15.3. The van der Waals surface area contributed by atoms with Crippen LogP contribution >= 0.6 is 11.6 Å². The van der Waals surface area contributed by atoms with E-state index in [4.69, 9.17) is 11.6 Å². The maximum Gasteiger partial charge on any atom is 0.0554 e. The van der Waals surface area contributed by atoms with Gasteiger partial charge < -0.3 is 5.32 Å². The highest BCUT2D eigenvalue weighted by molar-refractivity contribution is 6.32. The summed E-state index contributed by atoms with van der Waals surface area (Å²) >= 11 is 6.50. The molecule has 2 aliphatic rings. The summed E-state index contributed by atoms with van der Waals surface area (Å²) in [6.07, 6.45) is 5.76. The van der Waals surface area contributed by atoms with Crippen molar-refractivity contribution in [2.75, 3.05) is 5.32 Å². The number of hydrogen-bond donors (Lipinski definition) is 1. The molecule has 1 N–H and O–H groups in total. The summed E-state index contributed by atoms with van der Waals surface area (Å²) < 4.78 is 0. The lowest BCUT2D eigenvalue weighted by Gasteiger charge is -2.38. The second-order valence-corrected chi connectivity index (χ2v) is 6.45. The summed E-state index contributed by atoms with van der Waals surface area (Å²) in [6.45, 7) is 2.16. The van der Waals surface area contributed by atoms with Crippen LogP contribution in [0.2, 0.25) is 5.02 Å². The van der Waals surface area contributed by atoms with Gasteiger partial charge >= 0.3 is 0 Å². The lowest BCUT2D eigenvalue weighted by Crippen LogP contribution is -2.29. The van der Waals surface area contributed by atoms with Crippen molar-refractivity contribution in [1.82, 2.24) is 0 Å². The van der Waals surface area contributed by atoms with Gasteiger partial charge in [0.15, 0.2) is 0 Å². The van der Waals surface area contributed by atoms with Crippen LogP contribution in [0.15, 0.2) is 54.6 Å². The third-order valence-corrected chi connectivity index (χ3v) is 5.16. The van der Waals surface area contributed by atoms with Crippen molar-refractivity contribution in [3.8, 4) is 0 Å². The van der Waals surface area contributed by atoms with Crippen molar-refractivity contribution in [1.29, 1.82) is 0 Å². The minimum atomic E-state index is 0.357. The van der Waals surface area contributed by atoms with Crippen LogP contribution in [0.3, 0.4) is 0 Å². The van der Waals surface area contributed by atoms with Crippen LogP contribution in [0.4, 0.5) is 5.69 Å². The van der Waals surface area contributed by atoms with Crippen LogP contribution in [0.1, 0.15) is 35.1 Å². The molecule has 3 unspecified atom stereocenters. The van der Waals surface area contributed by atoms with Crippen molar-refractivity contribution in [2.24, 2.45) is 5.92 Å². The summed E-state index contributed by atoms with van der Waals surface area (Å²) in [5.74, 6) is 0.984. The molecule has 1 heterocycles. The smallest absolute Gasteiger partial charge is 0.0554 e. The van der Waals surface area contributed by atoms with E-state index in [0.717, 1.165) is 11.4 Å². The molecule has 0 radical (unpaired) electrons. The topological polar surface area (TPSA) is 12.0 Å². The largest absolute Gasteiger partial charge is 0.377 e. The number of aryl methyl sites for hydroxylation is 1. The maximum atomic E-state index is 6.50. The van der Waals surface area contributed by atoms with E-state index < -0.39 is 0 Å². The molecule has 4 rings (SSSR count). The molecule has 0 saturated carbocycles. The molecule has 1 aliphatic heterocycles. The molecule has 21 heavy (non-hydrogen) atoms. The standard InChI is InChI=1S/C19H18ClN/c1-12-10-11-16(20)17-14-8-5-9-15(14)19(21-18(12)17)13-6-3-2-4-7-13/h2-8,10-11,14-15,19,21H,9H2,1H3. The monoisotopic (exact) mass is 295 g/mol. The fourth-order valence-corrected chi connectivity index (χ4v) is 4.08. The number of fused-ring (bicyclic) bond motifs is 3. The molecule has 0 aromatic heterocycles. The van der Waals surface area contributed by atoms with Crippen molar-refractivity contribution >= 4 is 17.3 Å². The van der Waals surface area contributed by atoms with E-state index in [2.05, 4.69) is 60.8 Å². The van der Waals surface area contributed by atoms with Crippen molar-refractivity contribution in [2.45, 2.75) is 25.3 Å². The molecule has 106 valence electrons. The number of halogens is 1. The van der Waals surface area contributed by atoms with Gasteiger partial charge in [-0.2, -0.15) is 0 Å². The Morgan fingerprint density at radius 3 is 2.71 bits per heavy atom. The fraction of sp³-hybridized carbons (Fsp3) is 0.263. The first-order valence-corrected chi connectivity index (χ1v) is 7.90. The number of anilines is 1. The molecular formula is C19H18ClN. The molecule has 2 aromatic carbocycles. The van der Waals surface area contributed by atoms with Crippen LogP contribution in [-0.4, -0.2) is 0 Å². The second-order valence-electron chi connectivity index (χ2n) is 6.04. The number of nitrogens with one attached hydrogen (secondary N) is 1. The average molecular weight is 296 g/mol.